The molecule has 2 N–H and O–H groups in total. The van der Waals surface area contributed by atoms with Crippen LogP contribution < -0.4 is 0 Å². The van der Waals surface area contributed by atoms with Crippen LogP contribution in [0.5, 0.6) is 0 Å². The van der Waals surface area contributed by atoms with Gasteiger partial charge in [0.05, 0.1) is 22.2 Å². The molecule has 0 saturated heterocycles. The van der Waals surface area contributed by atoms with E-state index in [-0.39, 0.29) is 6.61 Å². The molecule has 6 nitrogen and oxygen atoms in total. The van der Waals surface area contributed by atoms with Gasteiger partial charge in [-0.1, -0.05) is 67.5 Å². The molecule has 5 rings (SSSR count). The van der Waals surface area contributed by atoms with E-state index in [1.165, 1.54) is 19.3 Å². The number of aliphatic hydroxyl groups is 1. The van der Waals surface area contributed by atoms with Gasteiger partial charge in [-0.25, -0.2) is 4.79 Å². The summed E-state index contributed by atoms with van der Waals surface area (Å²) in [7, 11) is 0. The number of carbonyl (C=O) groups is 1. The smallest absolute Gasteiger partial charge is 0.335 e. The van der Waals surface area contributed by atoms with E-state index in [1.54, 1.807) is 36.5 Å². The van der Waals surface area contributed by atoms with Gasteiger partial charge in [-0.2, -0.15) is 0 Å². The van der Waals surface area contributed by atoms with Gasteiger partial charge in [-0.3, -0.25) is 4.98 Å². The highest BCUT2D eigenvalue weighted by atomic mass is 35.5. The molecule has 2 aromatic heterocycles. The van der Waals surface area contributed by atoms with Gasteiger partial charge in [0.25, 0.3) is 0 Å². The fourth-order valence-corrected chi connectivity index (χ4v) is 5.92. The maximum Gasteiger partial charge on any atom is 0.335 e. The summed E-state index contributed by atoms with van der Waals surface area (Å²) in [6.07, 6.45) is 8.69. The third kappa shape index (κ3) is 5.77. The minimum absolute atomic E-state index is 0.119. The van der Waals surface area contributed by atoms with Crippen molar-refractivity contribution >= 4 is 29.2 Å². The van der Waals surface area contributed by atoms with Gasteiger partial charge in [-0.05, 0) is 55.4 Å². The van der Waals surface area contributed by atoms with Crippen LogP contribution in [0.15, 0.2) is 41.1 Å². The molecule has 2 heterocycles. The van der Waals surface area contributed by atoms with Crippen LogP contribution in [0.1, 0.15) is 91.6 Å². The Balaban J connectivity index is 0.000000169. The van der Waals surface area contributed by atoms with Gasteiger partial charge < -0.3 is 14.7 Å². The molecule has 2 fully saturated rings. The molecule has 3 unspecified atom stereocenters. The Morgan fingerprint density at radius 3 is 2.47 bits per heavy atom. The molecule has 2 saturated carbocycles. The number of aromatic carboxylic acids is 1. The SMILES string of the molecule is CCC1CCCC(C)C1c1cc(C(=O)O)ccn1.OCc1c(-c2c(Cl)cccc2Cl)noc1C1CC1. The van der Waals surface area contributed by atoms with Crippen LogP contribution in [-0.2, 0) is 6.61 Å². The molecule has 0 aliphatic heterocycles. The first-order valence-electron chi connectivity index (χ1n) is 12.6. The van der Waals surface area contributed by atoms with Crippen molar-refractivity contribution in [1.82, 2.24) is 10.1 Å². The molecule has 3 aromatic rings. The van der Waals surface area contributed by atoms with E-state index < -0.39 is 5.97 Å². The number of hydrogen-bond donors (Lipinski definition) is 2. The van der Waals surface area contributed by atoms with Crippen molar-refractivity contribution in [1.29, 1.82) is 0 Å². The standard InChI is InChI=1S/C15H21NO2.C13H11Cl2NO2/c1-3-11-6-4-5-10(2)14(11)13-9-12(15(17)18)7-8-16-13;14-9-2-1-3-10(15)11(9)12-8(6-17)13(18-16-12)7-4-5-7/h7-11,14H,3-6H2,1-2H3,(H,17,18);1-3,7,17H,4-6H2. The second kappa shape index (κ2) is 11.8. The largest absolute Gasteiger partial charge is 0.478 e. The number of carboxylic acids is 1. The second-order valence-electron chi connectivity index (χ2n) is 9.78. The van der Waals surface area contributed by atoms with E-state index in [2.05, 4.69) is 24.0 Å². The van der Waals surface area contributed by atoms with Crippen molar-refractivity contribution < 1.29 is 19.5 Å². The normalized spacial score (nSPS) is 21.5. The predicted octanol–water partition coefficient (Wildman–Crippen LogP) is 7.73. The lowest BCUT2D eigenvalue weighted by molar-refractivity contribution is 0.0696. The maximum absolute atomic E-state index is 11.0. The first-order valence-corrected chi connectivity index (χ1v) is 13.3. The number of pyridine rings is 1. The quantitative estimate of drug-likeness (QED) is 0.338. The van der Waals surface area contributed by atoms with Crippen molar-refractivity contribution in [2.75, 3.05) is 0 Å². The summed E-state index contributed by atoms with van der Waals surface area (Å²) in [6, 6.07) is 8.59. The van der Waals surface area contributed by atoms with Gasteiger partial charge in [0.1, 0.15) is 11.5 Å². The number of carboxylic acid groups (broad SMARTS) is 1. The van der Waals surface area contributed by atoms with Crippen molar-refractivity contribution in [2.24, 2.45) is 11.8 Å². The summed E-state index contributed by atoms with van der Waals surface area (Å²) in [5, 5.41) is 23.6. The minimum atomic E-state index is -0.866. The summed E-state index contributed by atoms with van der Waals surface area (Å²) in [5.74, 6) is 1.95. The van der Waals surface area contributed by atoms with Crippen LogP contribution in [0.4, 0.5) is 0 Å². The molecular weight excluding hydrogens is 499 g/mol. The zero-order valence-corrected chi connectivity index (χ0v) is 22.1. The first kappa shape index (κ1) is 26.6. The van der Waals surface area contributed by atoms with Crippen molar-refractivity contribution in [3.8, 4) is 11.3 Å². The molecule has 0 amide bonds. The third-order valence-electron chi connectivity index (χ3n) is 7.37. The summed E-state index contributed by atoms with van der Waals surface area (Å²) in [5.41, 5.74) is 3.20. The summed E-state index contributed by atoms with van der Waals surface area (Å²) in [6.45, 7) is 4.37. The molecule has 0 bridgehead atoms. The van der Waals surface area contributed by atoms with Gasteiger partial charge >= 0.3 is 5.97 Å². The monoisotopic (exact) mass is 530 g/mol. The Labute approximate surface area is 221 Å². The number of hydrogen-bond acceptors (Lipinski definition) is 5. The maximum atomic E-state index is 11.0. The van der Waals surface area contributed by atoms with Crippen molar-refractivity contribution in [2.45, 2.75) is 70.8 Å². The fraction of sp³-hybridized carbons (Fsp3) is 0.464. The number of benzene rings is 1. The van der Waals surface area contributed by atoms with E-state index in [0.717, 1.165) is 30.7 Å². The summed E-state index contributed by atoms with van der Waals surface area (Å²) in [4.78, 5) is 15.5. The molecule has 3 atom stereocenters. The number of rotatable bonds is 6. The van der Waals surface area contributed by atoms with Gasteiger partial charge in [0.15, 0.2) is 0 Å². The molecular formula is C28H32Cl2N2O4. The van der Waals surface area contributed by atoms with Crippen LogP contribution >= 0.6 is 23.2 Å². The minimum Gasteiger partial charge on any atom is -0.478 e. The average molecular weight is 531 g/mol. The summed E-state index contributed by atoms with van der Waals surface area (Å²) < 4.78 is 5.35. The number of aromatic nitrogens is 2. The van der Waals surface area contributed by atoms with Crippen LogP contribution in [0.25, 0.3) is 11.3 Å². The van der Waals surface area contributed by atoms with Gasteiger partial charge in [-0.15, -0.1) is 0 Å². The zero-order chi connectivity index (χ0) is 25.8. The Morgan fingerprint density at radius 2 is 1.86 bits per heavy atom. The highest BCUT2D eigenvalue weighted by molar-refractivity contribution is 6.39. The summed E-state index contributed by atoms with van der Waals surface area (Å²) >= 11 is 12.3. The Morgan fingerprint density at radius 1 is 1.14 bits per heavy atom. The van der Waals surface area contributed by atoms with Crippen LogP contribution in [0.3, 0.4) is 0 Å². The first-order chi connectivity index (χ1) is 17.3. The molecule has 192 valence electrons. The average Bonchev–Trinajstić information content (AvgIpc) is 3.63. The topological polar surface area (TPSA) is 96.5 Å². The van der Waals surface area contributed by atoms with Crippen molar-refractivity contribution in [3.05, 3.63) is 69.2 Å². The molecule has 36 heavy (non-hydrogen) atoms. The molecule has 0 radical (unpaired) electrons. The van der Waals surface area contributed by atoms with Crippen LogP contribution in [0.2, 0.25) is 10.0 Å². The van der Waals surface area contributed by atoms with E-state index in [0.29, 0.717) is 56.1 Å². The lowest BCUT2D eigenvalue weighted by Gasteiger charge is -2.35. The Bertz CT molecular complexity index is 1190. The van der Waals surface area contributed by atoms with Crippen LogP contribution in [0, 0.1) is 11.8 Å². The molecule has 0 spiro atoms. The highest BCUT2D eigenvalue weighted by Gasteiger charge is 2.33. The fourth-order valence-electron chi connectivity index (χ4n) is 5.34. The highest BCUT2D eigenvalue weighted by Crippen LogP contribution is 2.46. The van der Waals surface area contributed by atoms with E-state index in [1.807, 2.05) is 0 Å². The molecule has 2 aliphatic rings. The van der Waals surface area contributed by atoms with E-state index in [9.17, 15) is 9.90 Å². The van der Waals surface area contributed by atoms with E-state index in [4.69, 9.17) is 32.8 Å². The Kier molecular flexibility index (Phi) is 8.70. The number of aliphatic hydroxyl groups excluding tert-OH is 1. The Hall–Kier alpha value is -2.41. The van der Waals surface area contributed by atoms with Crippen molar-refractivity contribution in [3.63, 3.8) is 0 Å². The van der Waals surface area contributed by atoms with Gasteiger partial charge in [0.2, 0.25) is 0 Å². The second-order valence-corrected chi connectivity index (χ2v) is 10.6. The molecule has 1 aromatic carbocycles. The number of halogens is 2. The third-order valence-corrected chi connectivity index (χ3v) is 8.00. The lowest BCUT2D eigenvalue weighted by Crippen LogP contribution is -2.25. The number of nitrogens with zero attached hydrogens (tertiary/aromatic N) is 2. The zero-order valence-electron chi connectivity index (χ0n) is 20.6. The predicted molar refractivity (Wildman–Crippen MR) is 141 cm³/mol. The van der Waals surface area contributed by atoms with Crippen LogP contribution in [-0.4, -0.2) is 26.3 Å². The van der Waals surface area contributed by atoms with E-state index >= 15 is 0 Å². The molecule has 8 heteroatoms. The molecule has 2 aliphatic carbocycles. The lowest BCUT2D eigenvalue weighted by atomic mass is 9.70. The van der Waals surface area contributed by atoms with Gasteiger partial charge in [0, 0.05) is 34.9 Å².